The number of ether oxygens (including phenoxy) is 2. The molecule has 4 rings (SSSR count). The molecule has 1 aliphatic heterocycles. The van der Waals surface area contributed by atoms with E-state index >= 15 is 0 Å². The normalized spacial score (nSPS) is 24.1. The van der Waals surface area contributed by atoms with Crippen molar-refractivity contribution in [1.82, 2.24) is 9.21 Å². The summed E-state index contributed by atoms with van der Waals surface area (Å²) in [5.41, 5.74) is 2.40. The molecular weight excluding hydrogens is 541 g/mol. The molecule has 1 amide bonds. The molecule has 0 spiro atoms. The smallest absolute Gasteiger partial charge is 0.224 e. The lowest BCUT2D eigenvalue weighted by atomic mass is 9.83. The first-order chi connectivity index (χ1) is 19.0. The van der Waals surface area contributed by atoms with Crippen LogP contribution in [0.3, 0.4) is 0 Å². The molecule has 0 unspecified atom stereocenters. The second kappa shape index (κ2) is 13.7. The summed E-state index contributed by atoms with van der Waals surface area (Å²) in [6, 6.07) is 20.6. The third-order valence-corrected chi connectivity index (χ3v) is 11.1. The van der Waals surface area contributed by atoms with Gasteiger partial charge in [0.1, 0.15) is 6.73 Å². The highest BCUT2D eigenvalue weighted by molar-refractivity contribution is 7.88. The molecular formula is C31H46N2O5SSi. The molecule has 1 aliphatic carbocycles. The van der Waals surface area contributed by atoms with Crippen molar-refractivity contribution in [2.75, 3.05) is 26.2 Å². The fourth-order valence-electron chi connectivity index (χ4n) is 5.80. The van der Waals surface area contributed by atoms with E-state index in [1.54, 1.807) is 0 Å². The Morgan fingerprint density at radius 3 is 2.17 bits per heavy atom. The second-order valence-corrected chi connectivity index (χ2v) is 20.1. The molecule has 2 atom stereocenters. The van der Waals surface area contributed by atoms with Crippen LogP contribution in [0.4, 0.5) is 0 Å². The van der Waals surface area contributed by atoms with Gasteiger partial charge in [0.25, 0.3) is 0 Å². The Morgan fingerprint density at radius 2 is 1.57 bits per heavy atom. The molecule has 0 N–H and O–H groups in total. The lowest BCUT2D eigenvalue weighted by molar-refractivity contribution is -0.130. The summed E-state index contributed by atoms with van der Waals surface area (Å²) in [7, 11) is -4.93. The predicted octanol–water partition coefficient (Wildman–Crippen LogP) is 5.47. The number of likely N-dealkylation sites (tertiary alicyclic amines) is 1. The van der Waals surface area contributed by atoms with Crippen LogP contribution >= 0.6 is 0 Å². The number of nitrogens with zero attached hydrogens (tertiary/aromatic N) is 2. The van der Waals surface area contributed by atoms with E-state index in [0.29, 0.717) is 25.7 Å². The predicted molar refractivity (Wildman–Crippen MR) is 162 cm³/mol. The third kappa shape index (κ3) is 8.73. The van der Waals surface area contributed by atoms with Gasteiger partial charge in [-0.1, -0.05) is 80.3 Å². The summed E-state index contributed by atoms with van der Waals surface area (Å²) in [6.45, 7) is 8.01. The lowest BCUT2D eigenvalue weighted by Gasteiger charge is -2.35. The Kier molecular flexibility index (Phi) is 10.6. The number of benzene rings is 2. The van der Waals surface area contributed by atoms with Gasteiger partial charge in [0.2, 0.25) is 15.9 Å². The van der Waals surface area contributed by atoms with Crippen LogP contribution in [0.1, 0.15) is 49.1 Å². The van der Waals surface area contributed by atoms with E-state index in [-0.39, 0.29) is 31.2 Å². The standard InChI is InChI=1S/C31H46N2O5SSi/c1-39(35,36)33(24-37-19-20-40(2,3)4)29-21-31(34)32(22-25-11-7-5-8-12-25)30(29)23-38-28-17-15-27(16-18-28)26-13-9-6-10-14-26/h5-14,27-30H,15-24H2,1-4H3/t27?,28?,29-,30-/m0/s1. The maximum absolute atomic E-state index is 13.4. The first-order valence-corrected chi connectivity index (χ1v) is 20.1. The largest absolute Gasteiger partial charge is 0.376 e. The highest BCUT2D eigenvalue weighted by Crippen LogP contribution is 2.35. The van der Waals surface area contributed by atoms with Gasteiger partial charge in [-0.05, 0) is 48.8 Å². The van der Waals surface area contributed by atoms with E-state index in [1.807, 2.05) is 35.2 Å². The van der Waals surface area contributed by atoms with Gasteiger partial charge in [-0.2, -0.15) is 4.31 Å². The summed E-state index contributed by atoms with van der Waals surface area (Å²) in [5, 5.41) is 0. The molecule has 1 heterocycles. The molecule has 9 heteroatoms. The summed E-state index contributed by atoms with van der Waals surface area (Å²) in [6.07, 6.45) is 5.49. The van der Waals surface area contributed by atoms with Crippen molar-refractivity contribution in [3.8, 4) is 0 Å². The molecule has 1 saturated carbocycles. The van der Waals surface area contributed by atoms with E-state index in [2.05, 4.69) is 50.0 Å². The van der Waals surface area contributed by atoms with E-state index in [0.717, 1.165) is 37.3 Å². The Morgan fingerprint density at radius 1 is 0.950 bits per heavy atom. The van der Waals surface area contributed by atoms with Crippen LogP contribution in [-0.4, -0.2) is 76.0 Å². The molecule has 220 valence electrons. The van der Waals surface area contributed by atoms with Crippen molar-refractivity contribution in [1.29, 1.82) is 0 Å². The first-order valence-electron chi connectivity index (χ1n) is 14.6. The van der Waals surface area contributed by atoms with Gasteiger partial charge in [0.15, 0.2) is 0 Å². The zero-order valence-corrected chi connectivity index (χ0v) is 26.3. The Labute approximate surface area is 241 Å². The molecule has 0 radical (unpaired) electrons. The SMILES string of the molecule is C[Si](C)(C)CCOCN([C@H]1CC(=O)N(Cc2ccccc2)[C@H]1COC1CCC(c2ccccc2)CC1)S(C)(=O)=O. The average molecular weight is 587 g/mol. The Hall–Kier alpha value is -2.04. The Bertz CT molecular complexity index is 1180. The maximum Gasteiger partial charge on any atom is 0.224 e. The number of rotatable bonds is 13. The molecule has 2 aromatic carbocycles. The van der Waals surface area contributed by atoms with E-state index < -0.39 is 24.1 Å². The number of hydrogen-bond acceptors (Lipinski definition) is 5. The number of carbonyl (C=O) groups excluding carboxylic acids is 1. The van der Waals surface area contributed by atoms with Crippen LogP contribution < -0.4 is 0 Å². The fourth-order valence-corrected chi connectivity index (χ4v) is 7.53. The summed E-state index contributed by atoms with van der Waals surface area (Å²) in [5.74, 6) is 0.497. The third-order valence-electron chi connectivity index (χ3n) is 8.20. The van der Waals surface area contributed by atoms with Crippen LogP contribution in [0.25, 0.3) is 0 Å². The van der Waals surface area contributed by atoms with Crippen LogP contribution in [0.15, 0.2) is 60.7 Å². The van der Waals surface area contributed by atoms with Gasteiger partial charge in [0.05, 0.1) is 31.1 Å². The van der Waals surface area contributed by atoms with E-state index in [1.165, 1.54) is 16.1 Å². The zero-order chi connectivity index (χ0) is 28.8. The molecule has 2 fully saturated rings. The van der Waals surface area contributed by atoms with Crippen molar-refractivity contribution >= 4 is 24.0 Å². The van der Waals surface area contributed by atoms with Crippen LogP contribution in [0, 0.1) is 0 Å². The number of carbonyl (C=O) groups is 1. The average Bonchev–Trinajstić information content (AvgIpc) is 3.21. The lowest BCUT2D eigenvalue weighted by Crippen LogP contribution is -2.50. The minimum Gasteiger partial charge on any atom is -0.376 e. The number of hydrogen-bond donors (Lipinski definition) is 0. The van der Waals surface area contributed by atoms with Crippen molar-refractivity contribution in [2.24, 2.45) is 0 Å². The van der Waals surface area contributed by atoms with Gasteiger partial charge < -0.3 is 14.4 Å². The molecule has 0 aromatic heterocycles. The summed E-state index contributed by atoms with van der Waals surface area (Å²) in [4.78, 5) is 15.2. The molecule has 1 saturated heterocycles. The molecule has 2 aliphatic rings. The Balaban J connectivity index is 1.46. The first kappa shape index (κ1) is 30.9. The molecule has 2 aromatic rings. The molecule has 7 nitrogen and oxygen atoms in total. The van der Waals surface area contributed by atoms with Crippen molar-refractivity contribution < 1.29 is 22.7 Å². The minimum atomic E-state index is -3.61. The minimum absolute atomic E-state index is 0.0425. The topological polar surface area (TPSA) is 76.2 Å². The quantitative estimate of drug-likeness (QED) is 0.177. The number of sulfonamides is 1. The zero-order valence-electron chi connectivity index (χ0n) is 24.5. The van der Waals surface area contributed by atoms with Crippen LogP contribution in [0.2, 0.25) is 25.7 Å². The maximum atomic E-state index is 13.4. The van der Waals surface area contributed by atoms with Crippen LogP contribution in [-0.2, 0) is 30.8 Å². The van der Waals surface area contributed by atoms with Gasteiger partial charge in [0, 0.05) is 27.6 Å². The fraction of sp³-hybridized carbons (Fsp3) is 0.581. The monoisotopic (exact) mass is 586 g/mol. The molecule has 40 heavy (non-hydrogen) atoms. The van der Waals surface area contributed by atoms with E-state index in [4.69, 9.17) is 9.47 Å². The van der Waals surface area contributed by atoms with E-state index in [9.17, 15) is 13.2 Å². The van der Waals surface area contributed by atoms with Gasteiger partial charge >= 0.3 is 0 Å². The van der Waals surface area contributed by atoms with Gasteiger partial charge in [-0.3, -0.25) is 4.79 Å². The highest BCUT2D eigenvalue weighted by atomic mass is 32.2. The highest BCUT2D eigenvalue weighted by Gasteiger charge is 2.46. The molecule has 0 bridgehead atoms. The second-order valence-electron chi connectivity index (χ2n) is 12.6. The van der Waals surface area contributed by atoms with Gasteiger partial charge in [-0.15, -0.1) is 0 Å². The van der Waals surface area contributed by atoms with Crippen LogP contribution in [0.5, 0.6) is 0 Å². The summed E-state index contributed by atoms with van der Waals surface area (Å²) < 4.78 is 39.8. The van der Waals surface area contributed by atoms with Crippen molar-refractivity contribution in [2.45, 2.75) is 88.4 Å². The summed E-state index contributed by atoms with van der Waals surface area (Å²) >= 11 is 0. The van der Waals surface area contributed by atoms with Crippen molar-refractivity contribution in [3.63, 3.8) is 0 Å². The number of amides is 1. The van der Waals surface area contributed by atoms with Crippen molar-refractivity contribution in [3.05, 3.63) is 71.8 Å². The van der Waals surface area contributed by atoms with Gasteiger partial charge in [-0.25, -0.2) is 8.42 Å².